The molecule has 0 unspecified atom stereocenters. The Morgan fingerprint density at radius 2 is 1.89 bits per heavy atom. The molecule has 0 amide bonds. The molecular weight excluding hydrogens is 389 g/mol. The molecule has 4 rings (SSSR count). The first-order chi connectivity index (χ1) is 13.5. The van der Waals surface area contributed by atoms with Crippen molar-refractivity contribution in [3.8, 4) is 22.9 Å². The van der Waals surface area contributed by atoms with Crippen LogP contribution in [0.3, 0.4) is 0 Å². The van der Waals surface area contributed by atoms with Gasteiger partial charge in [0.05, 0.1) is 21.5 Å². The Balaban J connectivity index is 1.70. The maximum absolute atomic E-state index is 13.0. The molecular formula is C19H13F3N4OS. The zero-order valence-corrected chi connectivity index (χ0v) is 15.3. The molecule has 5 nitrogen and oxygen atoms in total. The van der Waals surface area contributed by atoms with E-state index in [1.54, 1.807) is 24.7 Å². The second kappa shape index (κ2) is 7.08. The van der Waals surface area contributed by atoms with Crippen molar-refractivity contribution < 1.29 is 17.9 Å². The van der Waals surface area contributed by atoms with Gasteiger partial charge in [0.15, 0.2) is 5.75 Å². The molecule has 2 aromatic heterocycles. The van der Waals surface area contributed by atoms with Crippen molar-refractivity contribution in [2.75, 3.05) is 12.4 Å². The molecule has 28 heavy (non-hydrogen) atoms. The Bertz CT molecular complexity index is 1140. The summed E-state index contributed by atoms with van der Waals surface area (Å²) in [5.41, 5.74) is 2.97. The van der Waals surface area contributed by atoms with E-state index in [1.807, 2.05) is 12.1 Å². The fraction of sp³-hybridized carbons (Fsp3) is 0.105. The van der Waals surface area contributed by atoms with Crippen LogP contribution in [-0.4, -0.2) is 22.0 Å². The number of hydrogen-bond acceptors (Lipinski definition) is 6. The lowest BCUT2D eigenvalue weighted by Gasteiger charge is -2.13. The van der Waals surface area contributed by atoms with Crippen molar-refractivity contribution in [1.82, 2.24) is 15.0 Å². The minimum absolute atomic E-state index is 0.271. The van der Waals surface area contributed by atoms with Crippen molar-refractivity contribution in [1.29, 1.82) is 0 Å². The van der Waals surface area contributed by atoms with Crippen LogP contribution in [0.5, 0.6) is 11.6 Å². The number of aromatic nitrogens is 3. The summed E-state index contributed by atoms with van der Waals surface area (Å²) in [4.78, 5) is 12.6. The monoisotopic (exact) mass is 402 g/mol. The summed E-state index contributed by atoms with van der Waals surface area (Å²) in [6.07, 6.45) is -3.11. The van der Waals surface area contributed by atoms with E-state index in [2.05, 4.69) is 20.3 Å². The predicted octanol–water partition coefficient (Wildman–Crippen LogP) is 5.61. The third kappa shape index (κ3) is 3.48. The highest BCUT2D eigenvalue weighted by Gasteiger charge is 2.31. The molecule has 0 aliphatic rings. The molecule has 1 N–H and O–H groups in total. The van der Waals surface area contributed by atoms with Gasteiger partial charge < -0.3 is 10.1 Å². The molecule has 0 radical (unpaired) electrons. The zero-order valence-electron chi connectivity index (χ0n) is 14.5. The van der Waals surface area contributed by atoms with Gasteiger partial charge >= 0.3 is 6.18 Å². The van der Waals surface area contributed by atoms with Gasteiger partial charge in [-0.25, -0.2) is 15.0 Å². The molecule has 2 aromatic carbocycles. The van der Waals surface area contributed by atoms with E-state index in [0.29, 0.717) is 22.7 Å². The third-order valence-electron chi connectivity index (χ3n) is 4.07. The summed E-state index contributed by atoms with van der Waals surface area (Å²) < 4.78 is 45.7. The average Bonchev–Trinajstić information content (AvgIpc) is 3.17. The molecule has 0 saturated heterocycles. The quantitative estimate of drug-likeness (QED) is 0.481. The number of halogens is 3. The highest BCUT2D eigenvalue weighted by Crippen LogP contribution is 2.36. The Kier molecular flexibility index (Phi) is 4.60. The largest absolute Gasteiger partial charge is 0.437 e. The number of hydrogen-bond donors (Lipinski definition) is 1. The van der Waals surface area contributed by atoms with Crippen molar-refractivity contribution in [2.45, 2.75) is 6.18 Å². The Morgan fingerprint density at radius 3 is 2.68 bits per heavy atom. The van der Waals surface area contributed by atoms with Crippen molar-refractivity contribution in [2.24, 2.45) is 0 Å². The van der Waals surface area contributed by atoms with Crippen LogP contribution in [-0.2, 0) is 6.18 Å². The summed E-state index contributed by atoms with van der Waals surface area (Å²) >= 11 is 1.50. The molecule has 0 aliphatic heterocycles. The minimum atomic E-state index is -4.42. The lowest BCUT2D eigenvalue weighted by molar-refractivity contribution is -0.137. The predicted molar refractivity (Wildman–Crippen MR) is 102 cm³/mol. The van der Waals surface area contributed by atoms with Crippen LogP contribution in [0.2, 0.25) is 0 Å². The van der Waals surface area contributed by atoms with Crippen LogP contribution in [0, 0.1) is 0 Å². The number of anilines is 1. The number of alkyl halides is 3. The van der Waals surface area contributed by atoms with Crippen LogP contribution in [0.15, 0.2) is 54.3 Å². The summed E-state index contributed by atoms with van der Waals surface area (Å²) in [6.45, 7) is 0. The molecule has 9 heteroatoms. The van der Waals surface area contributed by atoms with E-state index in [0.717, 1.165) is 22.3 Å². The molecule has 4 aromatic rings. The zero-order chi connectivity index (χ0) is 19.7. The Morgan fingerprint density at radius 1 is 1.04 bits per heavy atom. The molecule has 0 fully saturated rings. The van der Waals surface area contributed by atoms with Gasteiger partial charge in [0.25, 0.3) is 0 Å². The highest BCUT2D eigenvalue weighted by molar-refractivity contribution is 7.16. The van der Waals surface area contributed by atoms with E-state index < -0.39 is 11.7 Å². The van der Waals surface area contributed by atoms with Gasteiger partial charge in [-0.15, -0.1) is 11.3 Å². The first kappa shape index (κ1) is 18.2. The normalized spacial score (nSPS) is 11.6. The third-order valence-corrected chi connectivity index (χ3v) is 4.87. The van der Waals surface area contributed by atoms with E-state index in [4.69, 9.17) is 4.74 Å². The molecule has 0 spiro atoms. The van der Waals surface area contributed by atoms with Crippen LogP contribution < -0.4 is 10.1 Å². The molecule has 0 aliphatic carbocycles. The van der Waals surface area contributed by atoms with Gasteiger partial charge in [0.2, 0.25) is 5.88 Å². The standard InChI is InChI=1S/C19H13F3N4OS/c1-23-13-7-11(19(20,21)22)5-6-12(13)14-8-17(25-9-24-14)27-15-3-2-4-16-18(15)26-10-28-16/h2-10,23H,1H3. The Hall–Kier alpha value is -3.20. The van der Waals surface area contributed by atoms with Crippen LogP contribution in [0.1, 0.15) is 5.56 Å². The second-order valence-corrected chi connectivity index (χ2v) is 6.69. The summed E-state index contributed by atoms with van der Waals surface area (Å²) in [7, 11) is 1.56. The van der Waals surface area contributed by atoms with Gasteiger partial charge in [-0.3, -0.25) is 0 Å². The maximum atomic E-state index is 13.0. The number of ether oxygens (including phenoxy) is 1. The summed E-state index contributed by atoms with van der Waals surface area (Å²) in [5.74, 6) is 0.817. The first-order valence-electron chi connectivity index (χ1n) is 8.17. The highest BCUT2D eigenvalue weighted by atomic mass is 32.1. The second-order valence-electron chi connectivity index (χ2n) is 5.81. The number of rotatable bonds is 4. The van der Waals surface area contributed by atoms with Crippen LogP contribution in [0.4, 0.5) is 18.9 Å². The fourth-order valence-corrected chi connectivity index (χ4v) is 3.44. The van der Waals surface area contributed by atoms with Gasteiger partial charge in [0.1, 0.15) is 11.8 Å². The number of fused-ring (bicyclic) bond motifs is 1. The lowest BCUT2D eigenvalue weighted by Crippen LogP contribution is -2.06. The van der Waals surface area contributed by atoms with Crippen LogP contribution >= 0.6 is 11.3 Å². The topological polar surface area (TPSA) is 59.9 Å². The minimum Gasteiger partial charge on any atom is -0.437 e. The average molecular weight is 402 g/mol. The SMILES string of the molecule is CNc1cc(C(F)(F)F)ccc1-c1cc(Oc2cccc3scnc23)ncn1. The lowest BCUT2D eigenvalue weighted by atomic mass is 10.1. The van der Waals surface area contributed by atoms with E-state index in [9.17, 15) is 13.2 Å². The number of thiazole rings is 1. The number of para-hydroxylation sites is 1. The Labute approximate surface area is 161 Å². The van der Waals surface area contributed by atoms with Crippen molar-refractivity contribution >= 4 is 27.2 Å². The van der Waals surface area contributed by atoms with Crippen LogP contribution in [0.25, 0.3) is 21.5 Å². The van der Waals surface area contributed by atoms with Gasteiger partial charge in [-0.2, -0.15) is 13.2 Å². The van der Waals surface area contributed by atoms with Crippen molar-refractivity contribution in [3.05, 3.63) is 59.9 Å². The summed E-state index contributed by atoms with van der Waals surface area (Å²) in [6, 6.07) is 10.6. The van der Waals surface area contributed by atoms with E-state index >= 15 is 0 Å². The van der Waals surface area contributed by atoms with Crippen molar-refractivity contribution in [3.63, 3.8) is 0 Å². The van der Waals surface area contributed by atoms with E-state index in [-0.39, 0.29) is 5.88 Å². The number of nitrogens with zero attached hydrogens (tertiary/aromatic N) is 3. The maximum Gasteiger partial charge on any atom is 0.416 e. The summed E-state index contributed by atoms with van der Waals surface area (Å²) in [5, 5.41) is 2.79. The molecule has 0 saturated carbocycles. The molecule has 0 atom stereocenters. The number of benzene rings is 2. The smallest absolute Gasteiger partial charge is 0.416 e. The first-order valence-corrected chi connectivity index (χ1v) is 9.05. The molecule has 142 valence electrons. The molecule has 0 bridgehead atoms. The molecule has 2 heterocycles. The van der Waals surface area contributed by atoms with Gasteiger partial charge in [-0.05, 0) is 24.3 Å². The van der Waals surface area contributed by atoms with Gasteiger partial charge in [-0.1, -0.05) is 12.1 Å². The fourth-order valence-electron chi connectivity index (χ4n) is 2.75. The number of nitrogens with one attached hydrogen (secondary N) is 1. The van der Waals surface area contributed by atoms with Gasteiger partial charge in [0, 0.05) is 24.4 Å². The van der Waals surface area contributed by atoms with E-state index in [1.165, 1.54) is 23.7 Å².